The van der Waals surface area contributed by atoms with Crippen molar-refractivity contribution in [2.45, 2.75) is 0 Å². The second-order valence-electron chi connectivity index (χ2n) is 3.88. The van der Waals surface area contributed by atoms with Gasteiger partial charge in [-0.05, 0) is 17.5 Å². The predicted molar refractivity (Wildman–Crippen MR) is 72.5 cm³/mol. The van der Waals surface area contributed by atoms with Gasteiger partial charge in [0.05, 0.1) is 5.56 Å². The number of carboxylic acids is 1. The molecule has 0 fully saturated rings. The molecule has 0 aliphatic rings. The van der Waals surface area contributed by atoms with Crippen LogP contribution >= 0.6 is 12.4 Å². The van der Waals surface area contributed by atoms with Crippen molar-refractivity contribution >= 4 is 34.8 Å². The molecule has 0 aliphatic carbocycles. The molecule has 0 saturated carbocycles. The van der Waals surface area contributed by atoms with E-state index in [-0.39, 0.29) is 12.4 Å². The molecule has 0 amide bonds. The molecule has 0 bridgehead atoms. The van der Waals surface area contributed by atoms with Gasteiger partial charge in [0.1, 0.15) is 0 Å². The van der Waals surface area contributed by atoms with Gasteiger partial charge in [-0.15, -0.1) is 12.4 Å². The van der Waals surface area contributed by atoms with Crippen molar-refractivity contribution in [3.05, 3.63) is 42.0 Å². The second-order valence-corrected chi connectivity index (χ2v) is 3.88. The van der Waals surface area contributed by atoms with Crippen LogP contribution in [-0.2, 0) is 0 Å². The molecule has 0 radical (unpaired) electrons. The summed E-state index contributed by atoms with van der Waals surface area (Å²) in [7, 11) is 3.89. The topological polar surface area (TPSA) is 40.5 Å². The number of benzene rings is 2. The number of halogens is 1. The van der Waals surface area contributed by atoms with Crippen molar-refractivity contribution in [1.29, 1.82) is 0 Å². The highest BCUT2D eigenvalue weighted by Gasteiger charge is 2.11. The third-order valence-corrected chi connectivity index (χ3v) is 2.61. The Morgan fingerprint density at radius 2 is 1.65 bits per heavy atom. The summed E-state index contributed by atoms with van der Waals surface area (Å²) in [6.45, 7) is 0. The number of fused-ring (bicyclic) bond motifs is 1. The van der Waals surface area contributed by atoms with Crippen LogP contribution in [0.25, 0.3) is 10.8 Å². The summed E-state index contributed by atoms with van der Waals surface area (Å²) >= 11 is 0. The van der Waals surface area contributed by atoms with Crippen molar-refractivity contribution < 1.29 is 9.90 Å². The van der Waals surface area contributed by atoms with Crippen LogP contribution in [-0.4, -0.2) is 25.2 Å². The quantitative estimate of drug-likeness (QED) is 0.892. The highest BCUT2D eigenvalue weighted by Crippen LogP contribution is 2.28. The molecule has 3 nitrogen and oxygen atoms in total. The highest BCUT2D eigenvalue weighted by molar-refractivity contribution is 6.07. The van der Waals surface area contributed by atoms with Crippen molar-refractivity contribution in [2.75, 3.05) is 19.0 Å². The van der Waals surface area contributed by atoms with Gasteiger partial charge < -0.3 is 10.0 Å². The smallest absolute Gasteiger partial charge is 0.336 e. The van der Waals surface area contributed by atoms with Gasteiger partial charge in [0, 0.05) is 25.2 Å². The Bertz CT molecular complexity index is 552. The number of carbonyl (C=O) groups is 1. The first-order valence-electron chi connectivity index (χ1n) is 5.03. The molecular weight excluding hydrogens is 238 g/mol. The molecule has 0 aliphatic heterocycles. The summed E-state index contributed by atoms with van der Waals surface area (Å²) in [6.07, 6.45) is 0. The van der Waals surface area contributed by atoms with Crippen molar-refractivity contribution in [1.82, 2.24) is 0 Å². The van der Waals surface area contributed by atoms with Gasteiger partial charge in [-0.2, -0.15) is 0 Å². The summed E-state index contributed by atoms with van der Waals surface area (Å²) < 4.78 is 0. The monoisotopic (exact) mass is 251 g/mol. The Morgan fingerprint density at radius 3 is 2.18 bits per heavy atom. The van der Waals surface area contributed by atoms with Gasteiger partial charge >= 0.3 is 5.97 Å². The largest absolute Gasteiger partial charge is 0.478 e. The van der Waals surface area contributed by atoms with E-state index in [2.05, 4.69) is 0 Å². The Hall–Kier alpha value is -1.74. The van der Waals surface area contributed by atoms with Gasteiger partial charge in [0.2, 0.25) is 0 Å². The maximum Gasteiger partial charge on any atom is 0.336 e. The van der Waals surface area contributed by atoms with E-state index in [0.29, 0.717) is 5.56 Å². The van der Waals surface area contributed by atoms with Crippen LogP contribution in [0.3, 0.4) is 0 Å². The van der Waals surface area contributed by atoms with Crippen molar-refractivity contribution in [3.63, 3.8) is 0 Å². The zero-order valence-corrected chi connectivity index (χ0v) is 10.5. The summed E-state index contributed by atoms with van der Waals surface area (Å²) in [4.78, 5) is 13.1. The van der Waals surface area contributed by atoms with E-state index in [9.17, 15) is 4.79 Å². The molecule has 4 heteroatoms. The lowest BCUT2D eigenvalue weighted by Gasteiger charge is -2.16. The van der Waals surface area contributed by atoms with Crippen LogP contribution in [0.1, 0.15) is 10.4 Å². The molecule has 1 N–H and O–H groups in total. The Kier molecular flexibility index (Phi) is 3.97. The number of aromatic carboxylic acids is 1. The average Bonchev–Trinajstić information content (AvgIpc) is 2.27. The minimum atomic E-state index is -0.887. The maximum absolute atomic E-state index is 11.1. The first-order chi connectivity index (χ1) is 7.61. The summed E-state index contributed by atoms with van der Waals surface area (Å²) in [5.74, 6) is -0.887. The molecular formula is C13H14ClNO2. The van der Waals surface area contributed by atoms with Gasteiger partial charge in [0.25, 0.3) is 0 Å². The molecule has 0 heterocycles. The van der Waals surface area contributed by atoms with Crippen molar-refractivity contribution in [2.24, 2.45) is 0 Å². The van der Waals surface area contributed by atoms with Crippen LogP contribution in [0.5, 0.6) is 0 Å². The first-order valence-corrected chi connectivity index (χ1v) is 5.03. The van der Waals surface area contributed by atoms with Crippen LogP contribution in [0.4, 0.5) is 5.69 Å². The standard InChI is InChI=1S/C13H13NO2.ClH/c1-14(2)12-8-7-11(13(15)16)9-5-3-4-6-10(9)12;/h3-8H,1-2H3,(H,15,16);1H. The van der Waals surface area contributed by atoms with E-state index in [4.69, 9.17) is 5.11 Å². The number of carboxylic acid groups (broad SMARTS) is 1. The molecule has 90 valence electrons. The summed E-state index contributed by atoms with van der Waals surface area (Å²) in [5.41, 5.74) is 1.38. The summed E-state index contributed by atoms with van der Waals surface area (Å²) in [6, 6.07) is 11.0. The Balaban J connectivity index is 0.00000144. The Labute approximate surface area is 106 Å². The van der Waals surface area contributed by atoms with Gasteiger partial charge in [0.15, 0.2) is 0 Å². The van der Waals surface area contributed by atoms with Crippen LogP contribution in [0.2, 0.25) is 0 Å². The minimum absolute atomic E-state index is 0. The molecule has 0 spiro atoms. The van der Waals surface area contributed by atoms with E-state index in [0.717, 1.165) is 16.5 Å². The molecule has 0 saturated heterocycles. The fourth-order valence-corrected chi connectivity index (χ4v) is 1.86. The van der Waals surface area contributed by atoms with Crippen molar-refractivity contribution in [3.8, 4) is 0 Å². The zero-order chi connectivity index (χ0) is 11.7. The fraction of sp³-hybridized carbons (Fsp3) is 0.154. The number of hydrogen-bond donors (Lipinski definition) is 1. The molecule has 0 aromatic heterocycles. The SMILES string of the molecule is CN(C)c1ccc(C(=O)O)c2ccccc12.Cl. The lowest BCUT2D eigenvalue weighted by atomic mass is 10.0. The lowest BCUT2D eigenvalue weighted by Crippen LogP contribution is -2.10. The fourth-order valence-electron chi connectivity index (χ4n) is 1.86. The lowest BCUT2D eigenvalue weighted by molar-refractivity contribution is 0.0699. The average molecular weight is 252 g/mol. The molecule has 2 aromatic rings. The molecule has 17 heavy (non-hydrogen) atoms. The molecule has 0 atom stereocenters. The van der Waals surface area contributed by atoms with E-state index in [1.807, 2.05) is 49.3 Å². The van der Waals surface area contributed by atoms with E-state index in [1.165, 1.54) is 0 Å². The number of anilines is 1. The molecule has 0 unspecified atom stereocenters. The zero-order valence-electron chi connectivity index (χ0n) is 9.68. The van der Waals surface area contributed by atoms with Gasteiger partial charge in [-0.1, -0.05) is 24.3 Å². The number of nitrogens with zero attached hydrogens (tertiary/aromatic N) is 1. The third kappa shape index (κ3) is 2.34. The van der Waals surface area contributed by atoms with E-state index >= 15 is 0 Å². The molecule has 2 rings (SSSR count). The number of rotatable bonds is 2. The Morgan fingerprint density at radius 1 is 1.06 bits per heavy atom. The van der Waals surface area contributed by atoms with E-state index in [1.54, 1.807) is 6.07 Å². The van der Waals surface area contributed by atoms with Gasteiger partial charge in [-0.3, -0.25) is 0 Å². The molecule has 2 aromatic carbocycles. The predicted octanol–water partition coefficient (Wildman–Crippen LogP) is 3.03. The van der Waals surface area contributed by atoms with Crippen LogP contribution < -0.4 is 4.90 Å². The third-order valence-electron chi connectivity index (χ3n) is 2.61. The van der Waals surface area contributed by atoms with Gasteiger partial charge in [-0.25, -0.2) is 4.79 Å². The summed E-state index contributed by atoms with van der Waals surface area (Å²) in [5, 5.41) is 10.8. The normalized spacial score (nSPS) is 9.76. The van der Waals surface area contributed by atoms with Crippen LogP contribution in [0.15, 0.2) is 36.4 Å². The second kappa shape index (κ2) is 5.06. The van der Waals surface area contributed by atoms with E-state index < -0.39 is 5.97 Å². The highest BCUT2D eigenvalue weighted by atomic mass is 35.5. The van der Waals surface area contributed by atoms with Crippen LogP contribution in [0, 0.1) is 0 Å². The maximum atomic E-state index is 11.1. The number of hydrogen-bond acceptors (Lipinski definition) is 2. The first kappa shape index (κ1) is 13.3. The minimum Gasteiger partial charge on any atom is -0.478 e.